The lowest BCUT2D eigenvalue weighted by Crippen LogP contribution is -2.57. The molecule has 2 aromatic rings. The maximum Gasteiger partial charge on any atom is 0.326 e. The fourth-order valence-electron chi connectivity index (χ4n) is 9.37. The van der Waals surface area contributed by atoms with Gasteiger partial charge in [0.05, 0.1) is 5.71 Å². The largest absolute Gasteiger partial charge is 0.480 e. The SMILES string of the molecule is CC(=O)[C@@]1(O)CC[C@H]2[C@@H]3CCC4=C/C(=N\OCC(=O)N[C@@H](Cc5c[nH]c6ccccc56)C(=O)O)CC[C@]4(C)[C@H]3CC[C@@]21C. The van der Waals surface area contributed by atoms with E-state index in [1.54, 1.807) is 13.1 Å². The average Bonchev–Trinajstić information content (AvgIpc) is 3.51. The number of allylic oxidation sites excluding steroid dienone is 2. The third-order valence-corrected chi connectivity index (χ3v) is 11.8. The van der Waals surface area contributed by atoms with Gasteiger partial charge in [0.1, 0.15) is 11.6 Å². The van der Waals surface area contributed by atoms with E-state index in [9.17, 15) is 24.6 Å². The number of aliphatic hydroxyl groups is 1. The molecule has 1 aromatic heterocycles. The van der Waals surface area contributed by atoms with E-state index < -0.39 is 23.5 Å². The third kappa shape index (κ3) is 4.89. The molecule has 9 nitrogen and oxygen atoms in total. The molecule has 4 N–H and O–H groups in total. The first-order valence-electron chi connectivity index (χ1n) is 15.7. The van der Waals surface area contributed by atoms with Gasteiger partial charge < -0.3 is 25.4 Å². The lowest BCUT2D eigenvalue weighted by Gasteiger charge is -2.59. The number of aromatic nitrogens is 1. The van der Waals surface area contributed by atoms with Crippen LogP contribution in [-0.2, 0) is 25.6 Å². The van der Waals surface area contributed by atoms with Crippen molar-refractivity contribution >= 4 is 34.3 Å². The van der Waals surface area contributed by atoms with Crippen molar-refractivity contribution < 1.29 is 29.4 Å². The first-order chi connectivity index (χ1) is 20.5. The van der Waals surface area contributed by atoms with Crippen LogP contribution in [0.25, 0.3) is 10.9 Å². The zero-order valence-corrected chi connectivity index (χ0v) is 25.3. The Balaban J connectivity index is 1.07. The summed E-state index contributed by atoms with van der Waals surface area (Å²) in [7, 11) is 0. The fraction of sp³-hybridized carbons (Fsp3) is 0.588. The monoisotopic (exact) mass is 589 g/mol. The minimum atomic E-state index is -1.20. The molecule has 3 saturated carbocycles. The van der Waals surface area contributed by atoms with Gasteiger partial charge in [-0.3, -0.25) is 9.59 Å². The predicted molar refractivity (Wildman–Crippen MR) is 162 cm³/mol. The maximum atomic E-state index is 12.6. The van der Waals surface area contributed by atoms with Gasteiger partial charge in [-0.05, 0) is 99.2 Å². The van der Waals surface area contributed by atoms with Gasteiger partial charge in [0.15, 0.2) is 12.4 Å². The Bertz CT molecular complexity index is 1510. The molecule has 1 aromatic carbocycles. The van der Waals surface area contributed by atoms with Crippen molar-refractivity contribution in [2.45, 2.75) is 90.2 Å². The normalized spacial score (nSPS) is 34.9. The topological polar surface area (TPSA) is 141 Å². The van der Waals surface area contributed by atoms with Crippen LogP contribution in [0.2, 0.25) is 0 Å². The highest BCUT2D eigenvalue weighted by atomic mass is 16.6. The molecule has 0 saturated heterocycles. The van der Waals surface area contributed by atoms with Crippen molar-refractivity contribution in [3.05, 3.63) is 47.7 Å². The highest BCUT2D eigenvalue weighted by Gasteiger charge is 2.65. The number of oxime groups is 1. The summed E-state index contributed by atoms with van der Waals surface area (Å²) in [5.41, 5.74) is 2.42. The second-order valence-electron chi connectivity index (χ2n) is 13.8. The summed E-state index contributed by atoms with van der Waals surface area (Å²) in [6.45, 7) is 5.71. The van der Waals surface area contributed by atoms with Gasteiger partial charge in [0.2, 0.25) is 0 Å². The number of carbonyl (C=O) groups is 3. The minimum Gasteiger partial charge on any atom is -0.480 e. The first kappa shape index (κ1) is 29.6. The number of benzene rings is 1. The molecule has 4 aliphatic rings. The Labute approximate surface area is 252 Å². The molecule has 43 heavy (non-hydrogen) atoms. The van der Waals surface area contributed by atoms with Crippen molar-refractivity contribution in [1.82, 2.24) is 10.3 Å². The Morgan fingerprint density at radius 2 is 1.86 bits per heavy atom. The number of hydrogen-bond donors (Lipinski definition) is 4. The maximum absolute atomic E-state index is 12.6. The van der Waals surface area contributed by atoms with Crippen LogP contribution < -0.4 is 5.32 Å². The highest BCUT2D eigenvalue weighted by molar-refractivity contribution is 5.96. The Kier molecular flexibility index (Phi) is 7.51. The van der Waals surface area contributed by atoms with Gasteiger partial charge in [-0.2, -0.15) is 0 Å². The lowest BCUT2D eigenvalue weighted by atomic mass is 9.46. The third-order valence-electron chi connectivity index (χ3n) is 11.8. The Morgan fingerprint density at radius 1 is 1.09 bits per heavy atom. The molecule has 0 aliphatic heterocycles. The molecule has 3 fully saturated rings. The van der Waals surface area contributed by atoms with Crippen molar-refractivity contribution in [3.8, 4) is 0 Å². The number of fused-ring (bicyclic) bond motifs is 6. The number of rotatable bonds is 8. The minimum absolute atomic E-state index is 0.0503. The number of nitrogens with zero attached hydrogens (tertiary/aromatic N) is 1. The van der Waals surface area contributed by atoms with Crippen molar-refractivity contribution in [2.75, 3.05) is 6.61 Å². The number of para-hydroxylation sites is 1. The summed E-state index contributed by atoms with van der Waals surface area (Å²) in [6, 6.07) is 6.56. The molecule has 9 heteroatoms. The molecule has 0 unspecified atom stereocenters. The number of H-pyrrole nitrogens is 1. The van der Waals surface area contributed by atoms with E-state index in [0.717, 1.165) is 67.1 Å². The van der Waals surface area contributed by atoms with E-state index in [0.29, 0.717) is 24.2 Å². The molecular weight excluding hydrogens is 546 g/mol. The summed E-state index contributed by atoms with van der Waals surface area (Å²) in [6.07, 6.45) is 11.1. The highest BCUT2D eigenvalue weighted by Crippen LogP contribution is 2.67. The van der Waals surface area contributed by atoms with Crippen molar-refractivity contribution in [2.24, 2.45) is 33.7 Å². The number of carbonyl (C=O) groups excluding carboxylic acids is 2. The van der Waals surface area contributed by atoms with Gasteiger partial charge in [0.25, 0.3) is 5.91 Å². The molecule has 1 amide bonds. The number of ketones is 1. The summed E-state index contributed by atoms with van der Waals surface area (Å²) in [4.78, 5) is 45.6. The number of aromatic amines is 1. The van der Waals surface area contributed by atoms with Gasteiger partial charge >= 0.3 is 5.97 Å². The number of amides is 1. The molecule has 0 spiro atoms. The molecule has 0 radical (unpaired) electrons. The number of aliphatic carboxylic acids is 1. The van der Waals surface area contributed by atoms with Crippen LogP contribution >= 0.6 is 0 Å². The second kappa shape index (κ2) is 10.9. The standard InChI is InChI=1S/C34H43N3O6/c1-20(38)34(42)15-12-27-25-9-8-22-17-23(10-13-32(22,2)26(25)11-14-33(27,34)3)37-43-19-30(39)36-29(31(40)41)16-21-18-35-28-7-5-4-6-24(21)28/h4-7,17-18,25-27,29,35,42H,8-16,19H2,1-3H3,(H,36,39)(H,40,41)/b37-23-/t25-,26+,27+,29+,32+,33+,34+/m1/s1. The number of carboxylic acid groups (broad SMARTS) is 1. The van der Waals surface area contributed by atoms with Crippen LogP contribution in [0.15, 0.2) is 47.3 Å². The van der Waals surface area contributed by atoms with Gasteiger partial charge in [-0.1, -0.05) is 42.8 Å². The quantitative estimate of drug-likeness (QED) is 0.322. The zero-order chi connectivity index (χ0) is 30.6. The molecular formula is C34H43N3O6. The first-order valence-corrected chi connectivity index (χ1v) is 15.7. The van der Waals surface area contributed by atoms with E-state index in [1.807, 2.05) is 24.3 Å². The summed E-state index contributed by atoms with van der Waals surface area (Å²) < 4.78 is 0. The van der Waals surface area contributed by atoms with E-state index in [1.165, 1.54) is 5.57 Å². The number of hydrogen-bond acceptors (Lipinski definition) is 6. The van der Waals surface area contributed by atoms with E-state index >= 15 is 0 Å². The van der Waals surface area contributed by atoms with Gasteiger partial charge in [-0.25, -0.2) is 4.79 Å². The van der Waals surface area contributed by atoms with Crippen LogP contribution in [0.1, 0.15) is 77.7 Å². The van der Waals surface area contributed by atoms with Gasteiger partial charge in [0, 0.05) is 28.9 Å². The lowest BCUT2D eigenvalue weighted by molar-refractivity contribution is -0.159. The van der Waals surface area contributed by atoms with Crippen LogP contribution in [-0.4, -0.2) is 56.8 Å². The molecule has 0 bridgehead atoms. The summed E-state index contributed by atoms with van der Waals surface area (Å²) in [5.74, 6) is -0.349. The van der Waals surface area contributed by atoms with Crippen molar-refractivity contribution in [3.63, 3.8) is 0 Å². The van der Waals surface area contributed by atoms with E-state index in [4.69, 9.17) is 4.84 Å². The summed E-state index contributed by atoms with van der Waals surface area (Å²) in [5, 5.41) is 28.9. The van der Waals surface area contributed by atoms with Gasteiger partial charge in [-0.15, -0.1) is 0 Å². The van der Waals surface area contributed by atoms with Crippen LogP contribution in [0.5, 0.6) is 0 Å². The van der Waals surface area contributed by atoms with E-state index in [2.05, 4.69) is 35.4 Å². The second-order valence-corrected chi connectivity index (χ2v) is 13.8. The smallest absolute Gasteiger partial charge is 0.326 e. The van der Waals surface area contributed by atoms with Crippen LogP contribution in [0, 0.1) is 28.6 Å². The zero-order valence-electron chi connectivity index (χ0n) is 25.3. The van der Waals surface area contributed by atoms with Crippen LogP contribution in [0.3, 0.4) is 0 Å². The molecule has 6 rings (SSSR count). The molecule has 230 valence electrons. The predicted octanol–water partition coefficient (Wildman–Crippen LogP) is 4.94. The van der Waals surface area contributed by atoms with Crippen molar-refractivity contribution in [1.29, 1.82) is 0 Å². The Morgan fingerprint density at radius 3 is 2.63 bits per heavy atom. The Hall–Kier alpha value is -3.46. The average molecular weight is 590 g/mol. The number of carboxylic acids is 1. The fourth-order valence-corrected chi connectivity index (χ4v) is 9.37. The molecule has 4 aliphatic carbocycles. The summed E-state index contributed by atoms with van der Waals surface area (Å²) >= 11 is 0. The molecule has 1 heterocycles. The number of nitrogens with one attached hydrogen (secondary N) is 2. The van der Waals surface area contributed by atoms with E-state index in [-0.39, 0.29) is 29.6 Å². The number of Topliss-reactive ketones (excluding diaryl/α,β-unsaturated/α-hetero) is 1. The van der Waals surface area contributed by atoms with Crippen LogP contribution in [0.4, 0.5) is 0 Å². The molecule has 7 atom stereocenters.